The van der Waals surface area contributed by atoms with E-state index in [4.69, 9.17) is 4.98 Å². The number of aromatic nitrogens is 2. The second-order valence-electron chi connectivity index (χ2n) is 11.5. The Hall–Kier alpha value is -2.22. The Morgan fingerprint density at radius 3 is 2.30 bits per heavy atom. The molecule has 0 aliphatic carbocycles. The van der Waals surface area contributed by atoms with Gasteiger partial charge in [0.15, 0.2) is 9.84 Å². The average molecular weight is 523 g/mol. The standard InChI is InChI=1S/C30H42N4O2S/c1-21(2)33-15-6-7-26(14-18-33)34-16-12-23(13-17-34)25-19-22(3)29-28(20-25)32(4)30(31-29)24-8-10-27(11-9-24)37(5,35)36/h8-11,19-21,23,26H,6-7,12-18H2,1-5H3. The molecular formula is C30H42N4O2S. The van der Waals surface area contributed by atoms with Gasteiger partial charge in [-0.1, -0.05) is 6.07 Å². The predicted molar refractivity (Wildman–Crippen MR) is 152 cm³/mol. The van der Waals surface area contributed by atoms with Crippen molar-refractivity contribution in [3.63, 3.8) is 0 Å². The van der Waals surface area contributed by atoms with E-state index >= 15 is 0 Å². The highest BCUT2D eigenvalue weighted by atomic mass is 32.2. The van der Waals surface area contributed by atoms with Crippen molar-refractivity contribution in [2.24, 2.45) is 7.05 Å². The molecule has 2 aromatic carbocycles. The number of nitrogens with zero attached hydrogens (tertiary/aromatic N) is 4. The monoisotopic (exact) mass is 522 g/mol. The summed E-state index contributed by atoms with van der Waals surface area (Å²) in [6, 6.07) is 13.1. The number of aryl methyl sites for hydroxylation is 2. The molecule has 1 unspecified atom stereocenters. The van der Waals surface area contributed by atoms with Crippen LogP contribution in [-0.2, 0) is 16.9 Å². The quantitative estimate of drug-likeness (QED) is 0.449. The number of hydrogen-bond donors (Lipinski definition) is 0. The van der Waals surface area contributed by atoms with Crippen LogP contribution in [0.25, 0.3) is 22.4 Å². The lowest BCUT2D eigenvalue weighted by Crippen LogP contribution is -2.41. The maximum Gasteiger partial charge on any atom is 0.175 e. The van der Waals surface area contributed by atoms with Gasteiger partial charge in [-0.25, -0.2) is 13.4 Å². The smallest absolute Gasteiger partial charge is 0.175 e. The van der Waals surface area contributed by atoms with Gasteiger partial charge >= 0.3 is 0 Å². The number of piperidine rings is 1. The fourth-order valence-corrected chi connectivity index (χ4v) is 7.04. The van der Waals surface area contributed by atoms with Crippen molar-refractivity contribution in [1.82, 2.24) is 19.4 Å². The van der Waals surface area contributed by atoms with E-state index in [0.29, 0.717) is 16.9 Å². The van der Waals surface area contributed by atoms with Crippen molar-refractivity contribution in [2.45, 2.75) is 75.8 Å². The second kappa shape index (κ2) is 10.5. The Labute approximate surface area is 222 Å². The normalized spacial score (nSPS) is 21.1. The minimum absolute atomic E-state index is 0.334. The molecule has 2 aliphatic heterocycles. The Kier molecular flexibility index (Phi) is 7.49. The van der Waals surface area contributed by atoms with Crippen LogP contribution >= 0.6 is 0 Å². The van der Waals surface area contributed by atoms with E-state index in [1.165, 1.54) is 75.7 Å². The second-order valence-corrected chi connectivity index (χ2v) is 13.5. The molecule has 1 atom stereocenters. The summed E-state index contributed by atoms with van der Waals surface area (Å²) in [4.78, 5) is 10.7. The summed E-state index contributed by atoms with van der Waals surface area (Å²) in [6.07, 6.45) is 7.63. The molecule has 2 fully saturated rings. The Bertz CT molecular complexity index is 1350. The molecule has 3 heterocycles. The third kappa shape index (κ3) is 5.50. The molecule has 2 aliphatic rings. The highest BCUT2D eigenvalue weighted by molar-refractivity contribution is 7.90. The summed E-state index contributed by atoms with van der Waals surface area (Å²) in [5, 5.41) is 0. The van der Waals surface area contributed by atoms with Crippen LogP contribution in [0.3, 0.4) is 0 Å². The third-order valence-corrected chi connectivity index (χ3v) is 9.85. The maximum atomic E-state index is 11.9. The topological polar surface area (TPSA) is 58.4 Å². The molecule has 5 rings (SSSR count). The van der Waals surface area contributed by atoms with Crippen LogP contribution in [0.1, 0.15) is 63.0 Å². The van der Waals surface area contributed by atoms with Crippen molar-refractivity contribution in [3.05, 3.63) is 47.5 Å². The largest absolute Gasteiger partial charge is 0.327 e. The van der Waals surface area contributed by atoms with Crippen molar-refractivity contribution in [2.75, 3.05) is 32.4 Å². The first-order chi connectivity index (χ1) is 17.6. The molecular weight excluding hydrogens is 480 g/mol. The molecule has 37 heavy (non-hydrogen) atoms. The van der Waals surface area contributed by atoms with Gasteiger partial charge in [0.1, 0.15) is 5.82 Å². The number of fused-ring (bicyclic) bond motifs is 1. The van der Waals surface area contributed by atoms with E-state index in [1.807, 2.05) is 12.1 Å². The number of sulfone groups is 1. The average Bonchev–Trinajstić information content (AvgIpc) is 3.04. The maximum absolute atomic E-state index is 11.9. The summed E-state index contributed by atoms with van der Waals surface area (Å²) in [5.74, 6) is 1.46. The van der Waals surface area contributed by atoms with Crippen LogP contribution in [0.5, 0.6) is 0 Å². The number of hydrogen-bond acceptors (Lipinski definition) is 5. The van der Waals surface area contributed by atoms with E-state index in [1.54, 1.807) is 12.1 Å². The van der Waals surface area contributed by atoms with Crippen LogP contribution in [0.2, 0.25) is 0 Å². The van der Waals surface area contributed by atoms with Gasteiger partial charge in [-0.15, -0.1) is 0 Å². The third-order valence-electron chi connectivity index (χ3n) is 8.72. The van der Waals surface area contributed by atoms with Gasteiger partial charge < -0.3 is 14.4 Å². The first kappa shape index (κ1) is 26.4. The van der Waals surface area contributed by atoms with Crippen LogP contribution in [0.4, 0.5) is 0 Å². The molecule has 200 valence electrons. The molecule has 7 heteroatoms. The summed E-state index contributed by atoms with van der Waals surface area (Å²) in [7, 11) is -1.15. The molecule has 3 aromatic rings. The molecule has 0 amide bonds. The molecule has 6 nitrogen and oxygen atoms in total. The minimum Gasteiger partial charge on any atom is -0.327 e. The van der Waals surface area contributed by atoms with Gasteiger partial charge in [0, 0.05) is 31.0 Å². The number of rotatable bonds is 5. The Balaban J connectivity index is 1.32. The highest BCUT2D eigenvalue weighted by Crippen LogP contribution is 2.35. The number of benzene rings is 2. The molecule has 0 radical (unpaired) electrons. The Morgan fingerprint density at radius 1 is 0.946 bits per heavy atom. The van der Waals surface area contributed by atoms with E-state index < -0.39 is 9.84 Å². The van der Waals surface area contributed by atoms with Gasteiger partial charge in [-0.2, -0.15) is 0 Å². The van der Waals surface area contributed by atoms with Gasteiger partial charge in [-0.3, -0.25) is 0 Å². The van der Waals surface area contributed by atoms with Crippen LogP contribution < -0.4 is 0 Å². The molecule has 2 saturated heterocycles. The molecule has 0 bridgehead atoms. The van der Waals surface area contributed by atoms with Crippen molar-refractivity contribution in [3.8, 4) is 11.4 Å². The summed E-state index contributed by atoms with van der Waals surface area (Å²) in [5.41, 5.74) is 5.75. The lowest BCUT2D eigenvalue weighted by molar-refractivity contribution is 0.136. The number of imidazole rings is 1. The van der Waals surface area contributed by atoms with Gasteiger partial charge in [0.05, 0.1) is 15.9 Å². The van der Waals surface area contributed by atoms with Crippen LogP contribution in [-0.4, -0.2) is 72.3 Å². The number of likely N-dealkylation sites (tertiary alicyclic amines) is 2. The van der Waals surface area contributed by atoms with Gasteiger partial charge in [0.2, 0.25) is 0 Å². The molecule has 1 aromatic heterocycles. The van der Waals surface area contributed by atoms with E-state index in [0.717, 1.165) is 28.5 Å². The zero-order valence-electron chi connectivity index (χ0n) is 23.1. The molecule has 0 N–H and O–H groups in total. The Morgan fingerprint density at radius 2 is 1.65 bits per heavy atom. The highest BCUT2D eigenvalue weighted by Gasteiger charge is 2.28. The fraction of sp³-hybridized carbons (Fsp3) is 0.567. The lowest BCUT2D eigenvalue weighted by Gasteiger charge is -2.37. The molecule has 0 saturated carbocycles. The van der Waals surface area contributed by atoms with Crippen molar-refractivity contribution in [1.29, 1.82) is 0 Å². The molecule has 0 spiro atoms. The van der Waals surface area contributed by atoms with Gasteiger partial charge in [0.25, 0.3) is 0 Å². The first-order valence-electron chi connectivity index (χ1n) is 13.9. The van der Waals surface area contributed by atoms with Crippen molar-refractivity contribution < 1.29 is 8.42 Å². The summed E-state index contributed by atoms with van der Waals surface area (Å²) >= 11 is 0. The van der Waals surface area contributed by atoms with Gasteiger partial charge in [-0.05, 0) is 126 Å². The van der Waals surface area contributed by atoms with Crippen LogP contribution in [0, 0.1) is 6.92 Å². The summed E-state index contributed by atoms with van der Waals surface area (Å²) in [6.45, 7) is 11.7. The lowest BCUT2D eigenvalue weighted by atomic mass is 9.87. The SMILES string of the molecule is Cc1cc(C2CCN(C3CCCN(C(C)C)CC3)CC2)cc2c1nc(-c1ccc(S(C)(=O)=O)cc1)n2C. The zero-order chi connectivity index (χ0) is 26.3. The summed E-state index contributed by atoms with van der Waals surface area (Å²) < 4.78 is 25.9. The first-order valence-corrected chi connectivity index (χ1v) is 15.8. The zero-order valence-corrected chi connectivity index (χ0v) is 23.9. The predicted octanol–water partition coefficient (Wildman–Crippen LogP) is 5.39. The van der Waals surface area contributed by atoms with E-state index in [2.05, 4.69) is 54.3 Å². The van der Waals surface area contributed by atoms with E-state index in [-0.39, 0.29) is 0 Å². The fourth-order valence-electron chi connectivity index (χ4n) is 6.41. The van der Waals surface area contributed by atoms with E-state index in [9.17, 15) is 8.42 Å². The van der Waals surface area contributed by atoms with Crippen LogP contribution in [0.15, 0.2) is 41.3 Å². The van der Waals surface area contributed by atoms with Crippen molar-refractivity contribution >= 4 is 20.9 Å². The minimum atomic E-state index is -3.21.